The summed E-state index contributed by atoms with van der Waals surface area (Å²) in [5.41, 5.74) is 0. The fourth-order valence-electron chi connectivity index (χ4n) is 5.19. The predicted molar refractivity (Wildman–Crippen MR) is 91.6 cm³/mol. The van der Waals surface area contributed by atoms with Crippen LogP contribution in [-0.2, 0) is 4.74 Å². The zero-order valence-corrected chi connectivity index (χ0v) is 14.3. The first-order valence-corrected chi connectivity index (χ1v) is 8.93. The van der Waals surface area contributed by atoms with Crippen LogP contribution in [0.4, 0.5) is 4.39 Å². The maximum atomic E-state index is 13.9. The Morgan fingerprint density at radius 3 is 2.71 bits per heavy atom. The van der Waals surface area contributed by atoms with E-state index in [1.807, 2.05) is 20.2 Å². The van der Waals surface area contributed by atoms with Gasteiger partial charge in [-0.2, -0.15) is 0 Å². The van der Waals surface area contributed by atoms with Gasteiger partial charge in [-0.25, -0.2) is 4.39 Å². The summed E-state index contributed by atoms with van der Waals surface area (Å²) < 4.78 is 20.0. The molecule has 0 bridgehead atoms. The van der Waals surface area contributed by atoms with Crippen molar-refractivity contribution < 1.29 is 14.2 Å². The Hall–Kier alpha value is -1.23. The number of hydrogen-bond acceptors (Lipinski definition) is 3. The molecule has 1 aliphatic heterocycles. The molecule has 4 rings (SSSR count). The van der Waals surface area contributed by atoms with Crippen molar-refractivity contribution in [3.05, 3.63) is 48.4 Å². The molecule has 0 aromatic carbocycles. The molecule has 1 saturated heterocycles. The Labute approximate surface area is 143 Å². The molecule has 1 saturated carbocycles. The van der Waals surface area contributed by atoms with E-state index in [0.717, 1.165) is 13.0 Å². The summed E-state index contributed by atoms with van der Waals surface area (Å²) in [5, 5.41) is 10.6. The standard InChI is InChI=1S/C20H26FNO2/c1-22(2)11-17-18-15-6-4-3-5-12(15)9-13-7-8-14(21)10-16(13)19(18)24-20(17)23/h3-8,10,12-13,15-20,23H,9,11H2,1-2H3/t12?,13?,15?,16?,17?,18-,19-,20?/m0/s1. The molecule has 4 heteroatoms. The van der Waals surface area contributed by atoms with Crippen LogP contribution < -0.4 is 0 Å². The van der Waals surface area contributed by atoms with Crippen molar-refractivity contribution >= 4 is 0 Å². The van der Waals surface area contributed by atoms with Crippen LogP contribution >= 0.6 is 0 Å². The van der Waals surface area contributed by atoms with Crippen molar-refractivity contribution in [1.29, 1.82) is 0 Å². The molecule has 2 fully saturated rings. The van der Waals surface area contributed by atoms with Gasteiger partial charge in [0.25, 0.3) is 0 Å². The maximum absolute atomic E-state index is 13.9. The van der Waals surface area contributed by atoms with Gasteiger partial charge in [0.1, 0.15) is 5.83 Å². The molecule has 0 amide bonds. The monoisotopic (exact) mass is 331 g/mol. The highest BCUT2D eigenvalue weighted by Gasteiger charge is 2.54. The summed E-state index contributed by atoms with van der Waals surface area (Å²) in [5.74, 6) is 1.13. The summed E-state index contributed by atoms with van der Waals surface area (Å²) in [4.78, 5) is 2.11. The Balaban J connectivity index is 1.74. The van der Waals surface area contributed by atoms with Crippen LogP contribution in [0.15, 0.2) is 48.4 Å². The van der Waals surface area contributed by atoms with Gasteiger partial charge in [0.2, 0.25) is 0 Å². The van der Waals surface area contributed by atoms with E-state index in [4.69, 9.17) is 4.74 Å². The highest BCUT2D eigenvalue weighted by atomic mass is 19.1. The zero-order valence-electron chi connectivity index (χ0n) is 14.3. The Bertz CT molecular complexity index is 609. The third kappa shape index (κ3) is 2.71. The van der Waals surface area contributed by atoms with Crippen LogP contribution in [0, 0.1) is 35.5 Å². The Morgan fingerprint density at radius 1 is 1.17 bits per heavy atom. The van der Waals surface area contributed by atoms with Crippen LogP contribution in [0.2, 0.25) is 0 Å². The molecule has 0 radical (unpaired) electrons. The number of allylic oxidation sites excluding steroid dienone is 7. The molecule has 0 aromatic rings. The highest BCUT2D eigenvalue weighted by molar-refractivity contribution is 5.26. The lowest BCUT2D eigenvalue weighted by Gasteiger charge is -2.34. The summed E-state index contributed by atoms with van der Waals surface area (Å²) in [7, 11) is 4.05. The molecular weight excluding hydrogens is 305 g/mol. The molecule has 130 valence electrons. The van der Waals surface area contributed by atoms with Crippen LogP contribution in [0.1, 0.15) is 6.42 Å². The molecule has 24 heavy (non-hydrogen) atoms. The molecule has 8 atom stereocenters. The summed E-state index contributed by atoms with van der Waals surface area (Å²) in [6.07, 6.45) is 14.2. The maximum Gasteiger partial charge on any atom is 0.159 e. The van der Waals surface area contributed by atoms with Gasteiger partial charge >= 0.3 is 0 Å². The summed E-state index contributed by atoms with van der Waals surface area (Å²) in [6, 6.07) is 0. The minimum Gasteiger partial charge on any atom is -0.368 e. The molecule has 3 nitrogen and oxygen atoms in total. The number of halogens is 1. The van der Waals surface area contributed by atoms with Crippen molar-refractivity contribution in [2.75, 3.05) is 20.6 Å². The van der Waals surface area contributed by atoms with E-state index >= 15 is 0 Å². The van der Waals surface area contributed by atoms with Gasteiger partial charge in [0, 0.05) is 24.3 Å². The van der Waals surface area contributed by atoms with E-state index in [1.165, 1.54) is 0 Å². The van der Waals surface area contributed by atoms with E-state index in [0.29, 0.717) is 11.8 Å². The minimum absolute atomic E-state index is 0.00853. The van der Waals surface area contributed by atoms with Gasteiger partial charge in [-0.1, -0.05) is 30.4 Å². The van der Waals surface area contributed by atoms with Gasteiger partial charge in [-0.3, -0.25) is 0 Å². The van der Waals surface area contributed by atoms with Crippen molar-refractivity contribution in [2.45, 2.75) is 18.8 Å². The lowest BCUT2D eigenvalue weighted by Crippen LogP contribution is -2.38. The number of aliphatic hydroxyl groups excluding tert-OH is 1. The third-order valence-electron chi connectivity index (χ3n) is 6.13. The lowest BCUT2D eigenvalue weighted by atomic mass is 9.71. The van der Waals surface area contributed by atoms with Crippen molar-refractivity contribution in [3.63, 3.8) is 0 Å². The van der Waals surface area contributed by atoms with E-state index in [-0.39, 0.29) is 35.6 Å². The first-order chi connectivity index (χ1) is 11.5. The first kappa shape index (κ1) is 16.2. The van der Waals surface area contributed by atoms with Crippen molar-refractivity contribution in [1.82, 2.24) is 4.90 Å². The molecule has 0 spiro atoms. The number of nitrogens with zero attached hydrogens (tertiary/aromatic N) is 1. The summed E-state index contributed by atoms with van der Waals surface area (Å²) >= 11 is 0. The Kier molecular flexibility index (Phi) is 4.23. The SMILES string of the molecule is CN(C)CC1C(O)O[C@H]2C3C=C(F)C=CC3CC3C=CC=CC3[C@@H]12. The van der Waals surface area contributed by atoms with Crippen LogP contribution in [-0.4, -0.2) is 43.0 Å². The van der Waals surface area contributed by atoms with Crippen molar-refractivity contribution in [2.24, 2.45) is 35.5 Å². The average molecular weight is 331 g/mol. The lowest BCUT2D eigenvalue weighted by molar-refractivity contribution is -0.121. The highest BCUT2D eigenvalue weighted by Crippen LogP contribution is 2.52. The van der Waals surface area contributed by atoms with E-state index < -0.39 is 6.29 Å². The number of aliphatic hydroxyl groups is 1. The zero-order chi connectivity index (χ0) is 16.8. The van der Waals surface area contributed by atoms with Crippen molar-refractivity contribution in [3.8, 4) is 0 Å². The minimum atomic E-state index is -0.775. The second-order valence-corrected chi connectivity index (χ2v) is 7.89. The van der Waals surface area contributed by atoms with Gasteiger partial charge < -0.3 is 14.7 Å². The molecule has 3 aliphatic carbocycles. The second kappa shape index (κ2) is 6.25. The summed E-state index contributed by atoms with van der Waals surface area (Å²) in [6.45, 7) is 0.780. The van der Waals surface area contributed by atoms with Gasteiger partial charge in [0.05, 0.1) is 6.10 Å². The predicted octanol–water partition coefficient (Wildman–Crippen LogP) is 2.92. The molecule has 6 unspecified atom stereocenters. The fourth-order valence-corrected chi connectivity index (χ4v) is 5.19. The molecule has 1 heterocycles. The van der Waals surface area contributed by atoms with Crippen LogP contribution in [0.25, 0.3) is 0 Å². The van der Waals surface area contributed by atoms with E-state index in [9.17, 15) is 9.50 Å². The molecule has 0 aromatic heterocycles. The van der Waals surface area contributed by atoms with Crippen LogP contribution in [0.5, 0.6) is 0 Å². The quantitative estimate of drug-likeness (QED) is 0.844. The third-order valence-corrected chi connectivity index (χ3v) is 6.13. The number of ether oxygens (including phenoxy) is 1. The first-order valence-electron chi connectivity index (χ1n) is 8.93. The number of hydrogen-bond donors (Lipinski definition) is 1. The van der Waals surface area contributed by atoms with Gasteiger partial charge in [-0.15, -0.1) is 0 Å². The molecule has 4 aliphatic rings. The fraction of sp³-hybridized carbons (Fsp3) is 0.600. The van der Waals surface area contributed by atoms with Crippen LogP contribution in [0.3, 0.4) is 0 Å². The van der Waals surface area contributed by atoms with Gasteiger partial charge in [0.15, 0.2) is 6.29 Å². The number of fused-ring (bicyclic) bond motifs is 5. The largest absolute Gasteiger partial charge is 0.368 e. The second-order valence-electron chi connectivity index (χ2n) is 7.89. The normalized spacial score (nSPS) is 46.3. The van der Waals surface area contributed by atoms with E-state index in [2.05, 4.69) is 29.2 Å². The Morgan fingerprint density at radius 2 is 1.92 bits per heavy atom. The topological polar surface area (TPSA) is 32.7 Å². The van der Waals surface area contributed by atoms with E-state index in [1.54, 1.807) is 12.2 Å². The average Bonchev–Trinajstić information content (AvgIpc) is 2.78. The number of rotatable bonds is 2. The molecular formula is C20H26FNO2. The molecule has 1 N–H and O–H groups in total. The van der Waals surface area contributed by atoms with Gasteiger partial charge in [-0.05, 0) is 50.4 Å². The smallest absolute Gasteiger partial charge is 0.159 e.